The Labute approximate surface area is 115 Å². The Hall–Kier alpha value is -0.610. The summed E-state index contributed by atoms with van der Waals surface area (Å²) >= 11 is 0. The van der Waals surface area contributed by atoms with Crippen LogP contribution < -0.4 is 0 Å². The Bertz CT molecular complexity index is 334. The van der Waals surface area contributed by atoms with Gasteiger partial charge in [-0.1, -0.05) is 0 Å². The van der Waals surface area contributed by atoms with Crippen LogP contribution in [-0.4, -0.2) is 59.1 Å². The van der Waals surface area contributed by atoms with Crippen LogP contribution in [0.25, 0.3) is 0 Å². The van der Waals surface area contributed by atoms with Crippen molar-refractivity contribution in [2.24, 2.45) is 5.92 Å². The second-order valence-corrected chi connectivity index (χ2v) is 6.61. The quantitative estimate of drug-likeness (QED) is 0.846. The van der Waals surface area contributed by atoms with Crippen LogP contribution >= 0.6 is 0 Å². The number of hydrogen-bond acceptors (Lipinski definition) is 3. The molecule has 1 N–H and O–H groups in total. The minimum absolute atomic E-state index is 0.360. The molecule has 0 radical (unpaired) electrons. The summed E-state index contributed by atoms with van der Waals surface area (Å²) in [5.74, 6) is -0.245. The lowest BCUT2D eigenvalue weighted by Crippen LogP contribution is -2.50. The molecule has 3 rings (SSSR count). The summed E-state index contributed by atoms with van der Waals surface area (Å²) in [7, 11) is 0. The zero-order chi connectivity index (χ0) is 13.2. The van der Waals surface area contributed by atoms with E-state index >= 15 is 0 Å². The Morgan fingerprint density at radius 1 is 1.00 bits per heavy atom. The molecule has 19 heavy (non-hydrogen) atoms. The predicted molar refractivity (Wildman–Crippen MR) is 74.2 cm³/mol. The van der Waals surface area contributed by atoms with Crippen LogP contribution in [0.3, 0.4) is 0 Å². The van der Waals surface area contributed by atoms with Crippen LogP contribution in [0, 0.1) is 5.92 Å². The van der Waals surface area contributed by atoms with Crippen LogP contribution in [0.2, 0.25) is 0 Å². The van der Waals surface area contributed by atoms with Crippen molar-refractivity contribution >= 4 is 5.97 Å². The first-order valence-corrected chi connectivity index (χ1v) is 7.92. The Kier molecular flexibility index (Phi) is 4.08. The number of hydrogen-bond donors (Lipinski definition) is 1. The second-order valence-electron chi connectivity index (χ2n) is 6.61. The van der Waals surface area contributed by atoms with Gasteiger partial charge in [-0.05, 0) is 64.1 Å². The standard InChI is InChI=1S/C15H26N2O2/c18-15(19)9-12-3-1-7-17(11-12)14-5-8-16-6-2-4-13(16)10-14/h12-14H,1-11H2,(H,18,19). The topological polar surface area (TPSA) is 43.8 Å². The molecule has 0 aromatic carbocycles. The van der Waals surface area contributed by atoms with E-state index in [2.05, 4.69) is 9.80 Å². The van der Waals surface area contributed by atoms with Crippen molar-refractivity contribution in [3.05, 3.63) is 0 Å². The van der Waals surface area contributed by atoms with E-state index in [0.717, 1.165) is 25.0 Å². The smallest absolute Gasteiger partial charge is 0.303 e. The molecule has 3 atom stereocenters. The van der Waals surface area contributed by atoms with Gasteiger partial charge in [0.2, 0.25) is 0 Å². The van der Waals surface area contributed by atoms with Gasteiger partial charge in [0.25, 0.3) is 0 Å². The van der Waals surface area contributed by atoms with E-state index in [1.807, 2.05) is 0 Å². The molecule has 0 aromatic rings. The molecule has 0 aromatic heterocycles. The third kappa shape index (κ3) is 3.11. The molecule has 3 heterocycles. The Morgan fingerprint density at radius 2 is 1.74 bits per heavy atom. The lowest BCUT2D eigenvalue weighted by molar-refractivity contribution is -0.138. The van der Waals surface area contributed by atoms with Crippen molar-refractivity contribution in [1.29, 1.82) is 0 Å². The normalized spacial score (nSPS) is 37.2. The van der Waals surface area contributed by atoms with Gasteiger partial charge >= 0.3 is 5.97 Å². The number of nitrogens with zero attached hydrogens (tertiary/aromatic N) is 2. The number of carboxylic acid groups (broad SMARTS) is 1. The van der Waals surface area contributed by atoms with E-state index in [4.69, 9.17) is 5.11 Å². The highest BCUT2D eigenvalue weighted by Gasteiger charge is 2.35. The summed E-state index contributed by atoms with van der Waals surface area (Å²) in [6.45, 7) is 4.77. The number of fused-ring (bicyclic) bond motifs is 1. The molecule has 3 aliphatic heterocycles. The number of carbonyl (C=O) groups is 1. The molecular weight excluding hydrogens is 240 g/mol. The van der Waals surface area contributed by atoms with Crippen molar-refractivity contribution in [3.63, 3.8) is 0 Å². The molecule has 0 aliphatic carbocycles. The van der Waals surface area contributed by atoms with Crippen molar-refractivity contribution in [2.75, 3.05) is 26.2 Å². The molecule has 0 amide bonds. The van der Waals surface area contributed by atoms with E-state index in [9.17, 15) is 4.79 Å². The van der Waals surface area contributed by atoms with Gasteiger partial charge in [0, 0.05) is 25.0 Å². The molecule has 3 fully saturated rings. The fourth-order valence-electron chi connectivity index (χ4n) is 4.38. The molecule has 3 aliphatic rings. The molecule has 3 unspecified atom stereocenters. The summed E-state index contributed by atoms with van der Waals surface area (Å²) in [6.07, 6.45) is 8.00. The summed E-state index contributed by atoms with van der Waals surface area (Å²) in [4.78, 5) is 16.1. The van der Waals surface area contributed by atoms with Gasteiger partial charge in [-0.2, -0.15) is 0 Å². The van der Waals surface area contributed by atoms with Crippen LogP contribution in [0.5, 0.6) is 0 Å². The largest absolute Gasteiger partial charge is 0.481 e. The predicted octanol–water partition coefficient (Wildman–Crippen LogP) is 1.80. The first kappa shape index (κ1) is 13.4. The fourth-order valence-corrected chi connectivity index (χ4v) is 4.38. The first-order chi connectivity index (χ1) is 9.22. The minimum atomic E-state index is -0.627. The fraction of sp³-hybridized carbons (Fsp3) is 0.933. The minimum Gasteiger partial charge on any atom is -0.481 e. The lowest BCUT2D eigenvalue weighted by atomic mass is 9.90. The third-order valence-corrected chi connectivity index (χ3v) is 5.32. The van der Waals surface area contributed by atoms with Gasteiger partial charge in [-0.25, -0.2) is 0 Å². The summed E-state index contributed by atoms with van der Waals surface area (Å²) < 4.78 is 0. The first-order valence-electron chi connectivity index (χ1n) is 7.92. The number of likely N-dealkylation sites (tertiary alicyclic amines) is 1. The van der Waals surface area contributed by atoms with Crippen LogP contribution in [0.15, 0.2) is 0 Å². The number of rotatable bonds is 3. The van der Waals surface area contributed by atoms with Gasteiger partial charge in [0.15, 0.2) is 0 Å². The molecule has 4 nitrogen and oxygen atoms in total. The monoisotopic (exact) mass is 266 g/mol. The van der Waals surface area contributed by atoms with E-state index in [-0.39, 0.29) is 0 Å². The van der Waals surface area contributed by atoms with E-state index in [1.165, 1.54) is 51.7 Å². The maximum Gasteiger partial charge on any atom is 0.303 e. The molecule has 4 heteroatoms. The van der Waals surface area contributed by atoms with E-state index in [0.29, 0.717) is 12.3 Å². The van der Waals surface area contributed by atoms with Crippen molar-refractivity contribution < 1.29 is 9.90 Å². The maximum absolute atomic E-state index is 10.9. The van der Waals surface area contributed by atoms with Gasteiger partial charge in [0.1, 0.15) is 0 Å². The SMILES string of the molecule is O=C(O)CC1CCCN(C2CCN3CCCC3C2)C1. The Balaban J connectivity index is 1.54. The van der Waals surface area contributed by atoms with Gasteiger partial charge in [-0.3, -0.25) is 9.69 Å². The second kappa shape index (κ2) is 5.80. The summed E-state index contributed by atoms with van der Waals surface area (Å²) in [5.41, 5.74) is 0. The van der Waals surface area contributed by atoms with Gasteiger partial charge in [-0.15, -0.1) is 0 Å². The van der Waals surface area contributed by atoms with Gasteiger partial charge < -0.3 is 10.0 Å². The average Bonchev–Trinajstić information content (AvgIpc) is 2.85. The van der Waals surface area contributed by atoms with Gasteiger partial charge in [0.05, 0.1) is 0 Å². The number of aliphatic carboxylic acids is 1. The summed E-state index contributed by atoms with van der Waals surface area (Å²) in [6, 6.07) is 1.54. The lowest BCUT2D eigenvalue weighted by Gasteiger charge is -2.43. The zero-order valence-electron chi connectivity index (χ0n) is 11.8. The van der Waals surface area contributed by atoms with Crippen LogP contribution in [0.4, 0.5) is 0 Å². The molecule has 0 bridgehead atoms. The maximum atomic E-state index is 10.9. The van der Waals surface area contributed by atoms with Crippen LogP contribution in [0.1, 0.15) is 44.9 Å². The highest BCUT2D eigenvalue weighted by Crippen LogP contribution is 2.31. The zero-order valence-corrected chi connectivity index (χ0v) is 11.8. The van der Waals surface area contributed by atoms with E-state index in [1.54, 1.807) is 0 Å². The summed E-state index contributed by atoms with van der Waals surface area (Å²) in [5, 5.41) is 8.96. The van der Waals surface area contributed by atoms with Crippen molar-refractivity contribution in [2.45, 2.75) is 57.0 Å². The van der Waals surface area contributed by atoms with Crippen LogP contribution in [-0.2, 0) is 4.79 Å². The molecular formula is C15H26N2O2. The number of piperidine rings is 2. The number of carboxylic acids is 1. The highest BCUT2D eigenvalue weighted by molar-refractivity contribution is 5.67. The van der Waals surface area contributed by atoms with E-state index < -0.39 is 5.97 Å². The van der Waals surface area contributed by atoms with Crippen molar-refractivity contribution in [1.82, 2.24) is 9.80 Å². The molecule has 0 spiro atoms. The third-order valence-electron chi connectivity index (χ3n) is 5.32. The van der Waals surface area contributed by atoms with Crippen molar-refractivity contribution in [3.8, 4) is 0 Å². The Morgan fingerprint density at radius 3 is 2.58 bits per heavy atom. The molecule has 3 saturated heterocycles. The molecule has 108 valence electrons. The highest BCUT2D eigenvalue weighted by atomic mass is 16.4. The molecule has 0 saturated carbocycles. The average molecular weight is 266 g/mol.